The number of anilines is 2. The summed E-state index contributed by atoms with van der Waals surface area (Å²) >= 11 is 0. The van der Waals surface area contributed by atoms with E-state index in [0.717, 1.165) is 50.0 Å². The van der Waals surface area contributed by atoms with Gasteiger partial charge in [0.2, 0.25) is 0 Å². The predicted molar refractivity (Wildman–Crippen MR) is 164 cm³/mol. The Kier molecular flexibility index (Phi) is 6.99. The molecule has 226 valence electrons. The molecule has 3 heterocycles. The van der Waals surface area contributed by atoms with E-state index in [2.05, 4.69) is 77.6 Å². The lowest BCUT2D eigenvalue weighted by Crippen LogP contribution is -2.33. The van der Waals surface area contributed by atoms with Gasteiger partial charge in [0.1, 0.15) is 11.9 Å². The molecule has 0 amide bonds. The van der Waals surface area contributed by atoms with E-state index >= 15 is 0 Å². The van der Waals surface area contributed by atoms with E-state index in [9.17, 15) is 8.78 Å². The Morgan fingerprint density at radius 3 is 2.60 bits per heavy atom. The number of fused-ring (bicyclic) bond motifs is 2. The Hall–Kier alpha value is -3.79. The number of hydrogen-bond donors (Lipinski definition) is 1. The third-order valence-electron chi connectivity index (χ3n) is 9.13. The van der Waals surface area contributed by atoms with Crippen LogP contribution in [0.25, 0.3) is 10.8 Å². The van der Waals surface area contributed by atoms with Crippen LogP contribution in [0.3, 0.4) is 0 Å². The number of alkyl halides is 2. The van der Waals surface area contributed by atoms with Crippen LogP contribution >= 0.6 is 0 Å². The van der Waals surface area contributed by atoms with Crippen LogP contribution in [-0.2, 0) is 25.9 Å². The summed E-state index contributed by atoms with van der Waals surface area (Å²) < 4.78 is 35.4. The summed E-state index contributed by atoms with van der Waals surface area (Å²) in [6.07, 6.45) is 5.40. The van der Waals surface area contributed by atoms with Gasteiger partial charge in [-0.3, -0.25) is 4.68 Å². The Bertz CT molecular complexity index is 1640. The van der Waals surface area contributed by atoms with Crippen molar-refractivity contribution in [3.63, 3.8) is 0 Å². The first-order valence-corrected chi connectivity index (χ1v) is 15.3. The van der Waals surface area contributed by atoms with Gasteiger partial charge in [0.15, 0.2) is 0 Å². The van der Waals surface area contributed by atoms with Crippen molar-refractivity contribution in [3.8, 4) is 6.01 Å². The number of aromatic nitrogens is 4. The van der Waals surface area contributed by atoms with Crippen LogP contribution in [0.15, 0.2) is 48.7 Å². The normalized spacial score (nSPS) is 19.9. The minimum Gasteiger partial charge on any atom is -0.463 e. The second-order valence-corrected chi connectivity index (χ2v) is 12.7. The van der Waals surface area contributed by atoms with Crippen LogP contribution in [0.4, 0.5) is 20.3 Å². The molecular formula is C33H39F2N7O. The SMILES string of the molecule is CCc1cccc2cccc(N3CCc4c(nc(OCC5(CN(C)C)CC5)nc4NCc4ccnn4C4CC4(F)F)C3)c12. The zero-order valence-electron chi connectivity index (χ0n) is 25.1. The number of halogens is 2. The van der Waals surface area contributed by atoms with Crippen LogP contribution in [0.5, 0.6) is 6.01 Å². The number of benzene rings is 2. The standard InChI is InChI=1S/C33H39F2N7O/c1-4-22-7-5-8-23-9-6-10-27(29(22)23)41-16-12-25-26(19-41)38-31(43-21-32(13-14-32)20-40(2)3)39-30(25)36-18-24-11-15-37-42(24)28-17-33(28,34)35/h5-11,15,28H,4,12-14,16-21H2,1-3H3,(H,36,38,39). The highest BCUT2D eigenvalue weighted by Gasteiger charge is 2.59. The average molecular weight is 588 g/mol. The van der Waals surface area contributed by atoms with E-state index in [4.69, 9.17) is 14.7 Å². The summed E-state index contributed by atoms with van der Waals surface area (Å²) in [4.78, 5) is 14.4. The number of ether oxygens (including phenoxy) is 1. The topological polar surface area (TPSA) is 71.3 Å². The lowest BCUT2D eigenvalue weighted by atomic mass is 9.98. The first-order valence-electron chi connectivity index (χ1n) is 15.3. The summed E-state index contributed by atoms with van der Waals surface area (Å²) in [7, 11) is 4.18. The number of aryl methyl sites for hydroxylation is 1. The lowest BCUT2D eigenvalue weighted by Gasteiger charge is -2.32. The van der Waals surface area contributed by atoms with E-state index in [1.54, 1.807) is 12.3 Å². The van der Waals surface area contributed by atoms with Crippen molar-refractivity contribution in [3.05, 3.63) is 71.2 Å². The molecule has 43 heavy (non-hydrogen) atoms. The second-order valence-electron chi connectivity index (χ2n) is 12.7. The number of nitrogens with one attached hydrogen (secondary N) is 1. The van der Waals surface area contributed by atoms with Crippen molar-refractivity contribution < 1.29 is 13.5 Å². The van der Waals surface area contributed by atoms with Crippen LogP contribution in [0.1, 0.15) is 54.7 Å². The first-order chi connectivity index (χ1) is 20.7. The van der Waals surface area contributed by atoms with Crippen LogP contribution in [0, 0.1) is 5.41 Å². The molecule has 2 aromatic heterocycles. The van der Waals surface area contributed by atoms with E-state index < -0.39 is 12.0 Å². The van der Waals surface area contributed by atoms with Gasteiger partial charge in [0, 0.05) is 47.8 Å². The van der Waals surface area contributed by atoms with Crippen molar-refractivity contribution >= 4 is 22.3 Å². The van der Waals surface area contributed by atoms with Crippen molar-refractivity contribution in [1.29, 1.82) is 0 Å². The van der Waals surface area contributed by atoms with E-state index in [0.29, 0.717) is 37.2 Å². The Morgan fingerprint density at radius 1 is 1.09 bits per heavy atom. The van der Waals surface area contributed by atoms with Gasteiger partial charge < -0.3 is 19.9 Å². The van der Waals surface area contributed by atoms with Gasteiger partial charge in [-0.05, 0) is 62.9 Å². The van der Waals surface area contributed by atoms with Crippen molar-refractivity contribution in [2.24, 2.45) is 5.41 Å². The molecule has 4 aromatic rings. The molecular weight excluding hydrogens is 548 g/mol. The summed E-state index contributed by atoms with van der Waals surface area (Å²) in [6, 6.07) is 14.3. The zero-order chi connectivity index (χ0) is 29.8. The fraction of sp³-hybridized carbons (Fsp3) is 0.485. The van der Waals surface area contributed by atoms with E-state index in [1.807, 2.05) is 0 Å². The molecule has 8 nitrogen and oxygen atoms in total. The van der Waals surface area contributed by atoms with E-state index in [-0.39, 0.29) is 11.8 Å². The molecule has 10 heteroatoms. The molecule has 1 atom stereocenters. The average Bonchev–Trinajstić information content (AvgIpc) is 3.84. The summed E-state index contributed by atoms with van der Waals surface area (Å²) in [5.41, 5.74) is 5.39. The molecule has 1 aliphatic heterocycles. The first kappa shape index (κ1) is 28.0. The molecule has 0 spiro atoms. The molecule has 2 aromatic carbocycles. The maximum absolute atomic E-state index is 13.8. The molecule has 0 saturated heterocycles. The molecule has 1 N–H and O–H groups in total. The molecule has 0 bridgehead atoms. The molecule has 0 radical (unpaired) electrons. The molecule has 3 aliphatic rings. The summed E-state index contributed by atoms with van der Waals surface area (Å²) in [6.45, 7) is 5.53. The highest BCUT2D eigenvalue weighted by atomic mass is 19.3. The maximum Gasteiger partial charge on any atom is 0.318 e. The zero-order valence-corrected chi connectivity index (χ0v) is 25.1. The van der Waals surface area contributed by atoms with Gasteiger partial charge in [-0.2, -0.15) is 15.1 Å². The van der Waals surface area contributed by atoms with Gasteiger partial charge in [-0.25, -0.2) is 8.78 Å². The predicted octanol–water partition coefficient (Wildman–Crippen LogP) is 5.86. The molecule has 2 saturated carbocycles. The van der Waals surface area contributed by atoms with Gasteiger partial charge in [0.05, 0.1) is 31.1 Å². The van der Waals surface area contributed by atoms with Gasteiger partial charge >= 0.3 is 6.01 Å². The van der Waals surface area contributed by atoms with E-state index in [1.165, 1.54) is 26.7 Å². The third-order valence-corrected chi connectivity index (χ3v) is 9.13. The highest BCUT2D eigenvalue weighted by molar-refractivity contribution is 5.97. The summed E-state index contributed by atoms with van der Waals surface area (Å²) in [5, 5.41) is 10.2. The fourth-order valence-electron chi connectivity index (χ4n) is 6.59. The van der Waals surface area contributed by atoms with Gasteiger partial charge in [-0.15, -0.1) is 0 Å². The molecule has 2 fully saturated rings. The monoisotopic (exact) mass is 587 g/mol. The number of hydrogen-bond acceptors (Lipinski definition) is 7. The quantitative estimate of drug-likeness (QED) is 0.236. The van der Waals surface area contributed by atoms with Crippen LogP contribution < -0.4 is 15.0 Å². The Labute approximate surface area is 251 Å². The van der Waals surface area contributed by atoms with Crippen LogP contribution in [-0.4, -0.2) is 64.4 Å². The summed E-state index contributed by atoms with van der Waals surface area (Å²) in [5.74, 6) is -1.98. The smallest absolute Gasteiger partial charge is 0.318 e. The number of rotatable bonds is 11. The Morgan fingerprint density at radius 2 is 1.88 bits per heavy atom. The molecule has 1 unspecified atom stereocenters. The van der Waals surface area contributed by atoms with Crippen molar-refractivity contribution in [2.75, 3.05) is 44.0 Å². The number of nitrogens with zero attached hydrogens (tertiary/aromatic N) is 6. The fourth-order valence-corrected chi connectivity index (χ4v) is 6.59. The lowest BCUT2D eigenvalue weighted by molar-refractivity contribution is 0.0977. The van der Waals surface area contributed by atoms with Crippen molar-refractivity contribution in [1.82, 2.24) is 24.6 Å². The minimum atomic E-state index is -2.69. The third kappa shape index (κ3) is 5.53. The van der Waals surface area contributed by atoms with Crippen LogP contribution in [0.2, 0.25) is 0 Å². The molecule has 2 aliphatic carbocycles. The highest BCUT2D eigenvalue weighted by Crippen LogP contribution is 2.52. The van der Waals surface area contributed by atoms with Gasteiger partial charge in [0.25, 0.3) is 5.92 Å². The molecule has 7 rings (SSSR count). The minimum absolute atomic E-state index is 0.143. The van der Waals surface area contributed by atoms with Gasteiger partial charge in [-0.1, -0.05) is 37.3 Å². The largest absolute Gasteiger partial charge is 0.463 e. The second kappa shape index (κ2) is 10.7. The maximum atomic E-state index is 13.8. The Balaban J connectivity index is 1.19. The van der Waals surface area contributed by atoms with Crippen molar-refractivity contribution in [2.45, 2.75) is 64.1 Å².